The van der Waals surface area contributed by atoms with Crippen molar-refractivity contribution in [1.29, 1.82) is 0 Å². The lowest BCUT2D eigenvalue weighted by atomic mass is 9.78. The number of nitrogens with zero attached hydrogens (tertiary/aromatic N) is 7. The maximum Gasteiger partial charge on any atom is 0.352 e. The summed E-state index contributed by atoms with van der Waals surface area (Å²) in [6.45, 7) is 1.98. The van der Waals surface area contributed by atoms with E-state index in [2.05, 4.69) is 15.5 Å². The number of hydrogen-bond acceptors (Lipinski definition) is 9. The van der Waals surface area contributed by atoms with E-state index >= 15 is 0 Å². The van der Waals surface area contributed by atoms with Crippen molar-refractivity contribution < 1.29 is 19.8 Å². The van der Waals surface area contributed by atoms with Crippen LogP contribution in [-0.4, -0.2) is 69.8 Å². The summed E-state index contributed by atoms with van der Waals surface area (Å²) in [5, 5.41) is 34.1. The number of aromatic nitrogens is 6. The number of rotatable bonds is 8. The van der Waals surface area contributed by atoms with Crippen molar-refractivity contribution in [2.45, 2.75) is 62.8 Å². The first-order chi connectivity index (χ1) is 20.5. The molecule has 2 N–H and O–H groups in total. The molecule has 42 heavy (non-hydrogen) atoms. The molecule has 1 saturated carbocycles. The molecule has 4 heterocycles. The van der Waals surface area contributed by atoms with E-state index in [4.69, 9.17) is 9.57 Å². The van der Waals surface area contributed by atoms with Crippen molar-refractivity contribution in [1.82, 2.24) is 28.9 Å². The van der Waals surface area contributed by atoms with Crippen molar-refractivity contribution in [2.75, 3.05) is 6.61 Å². The summed E-state index contributed by atoms with van der Waals surface area (Å²) in [7, 11) is 0. The van der Waals surface area contributed by atoms with E-state index in [1.54, 1.807) is 42.1 Å². The van der Waals surface area contributed by atoms with Crippen molar-refractivity contribution in [3.05, 3.63) is 99.1 Å². The van der Waals surface area contributed by atoms with Gasteiger partial charge in [-0.05, 0) is 37.5 Å². The van der Waals surface area contributed by atoms with Gasteiger partial charge in [-0.1, -0.05) is 58.9 Å². The Bertz CT molecular complexity index is 1730. The highest BCUT2D eigenvalue weighted by Gasteiger charge is 2.61. The fourth-order valence-electron chi connectivity index (χ4n) is 6.22. The van der Waals surface area contributed by atoms with Crippen LogP contribution in [0.2, 0.25) is 0 Å². The van der Waals surface area contributed by atoms with Gasteiger partial charge < -0.3 is 19.8 Å². The Labute approximate surface area is 239 Å². The molecular formula is C29H31N7O6. The number of oxime groups is 1. The van der Waals surface area contributed by atoms with Gasteiger partial charge in [0.2, 0.25) is 0 Å². The molecule has 2 aromatic carbocycles. The highest BCUT2D eigenvalue weighted by Crippen LogP contribution is 2.46. The van der Waals surface area contributed by atoms with Crippen LogP contribution in [0.25, 0.3) is 5.69 Å². The lowest BCUT2D eigenvalue weighted by Crippen LogP contribution is -2.53. The molecule has 0 unspecified atom stereocenters. The molecule has 13 heteroatoms. The standard InChI is InChI=1S/C29H31N7O6/c1-17(22-15-33(32-30-22)20(16-37)14-18-8-4-2-5-9-18)42-31-23-21-12-13-34-28(39)35(19-10-6-3-7-11-19)29(40)36(34)24(21)25(38)27-26(23)41-27/h2-11,15,17,20-21,24-27,37-38H,12-14,16H2,1H3/t17-,20-,21+,24+,25-,26+,27-/m0/s1. The highest BCUT2D eigenvalue weighted by molar-refractivity contribution is 5.94. The van der Waals surface area contributed by atoms with Gasteiger partial charge in [0.25, 0.3) is 0 Å². The molecule has 7 atom stereocenters. The van der Waals surface area contributed by atoms with Gasteiger partial charge >= 0.3 is 11.4 Å². The first-order valence-corrected chi connectivity index (χ1v) is 14.1. The Morgan fingerprint density at radius 1 is 1.10 bits per heavy atom. The number of benzene rings is 2. The van der Waals surface area contributed by atoms with E-state index in [-0.39, 0.29) is 25.1 Å². The fourth-order valence-corrected chi connectivity index (χ4v) is 6.22. The Hall–Kier alpha value is -4.33. The predicted octanol–water partition coefficient (Wildman–Crippen LogP) is 1.00. The lowest BCUT2D eigenvalue weighted by Gasteiger charge is -2.38. The molecule has 0 radical (unpaired) electrons. The lowest BCUT2D eigenvalue weighted by molar-refractivity contribution is 0.0291. The molecule has 3 aliphatic rings. The summed E-state index contributed by atoms with van der Waals surface area (Å²) >= 11 is 0. The van der Waals surface area contributed by atoms with Gasteiger partial charge in [-0.3, -0.25) is 0 Å². The third-order valence-electron chi connectivity index (χ3n) is 8.46. The minimum Gasteiger partial charge on any atom is -0.394 e. The smallest absolute Gasteiger partial charge is 0.352 e. The largest absolute Gasteiger partial charge is 0.394 e. The molecule has 2 fully saturated rings. The predicted molar refractivity (Wildman–Crippen MR) is 149 cm³/mol. The molecule has 7 rings (SSSR count). The van der Waals surface area contributed by atoms with Gasteiger partial charge in [0.05, 0.1) is 36.3 Å². The van der Waals surface area contributed by atoms with Crippen LogP contribution in [0.3, 0.4) is 0 Å². The molecule has 2 aromatic heterocycles. The van der Waals surface area contributed by atoms with Crippen molar-refractivity contribution in [2.24, 2.45) is 11.1 Å². The first kappa shape index (κ1) is 26.6. The van der Waals surface area contributed by atoms with Gasteiger partial charge in [-0.2, -0.15) is 0 Å². The number of ether oxygens (including phenoxy) is 1. The molecular weight excluding hydrogens is 542 g/mol. The minimum atomic E-state index is -0.980. The number of aliphatic hydroxyl groups excluding tert-OH is 2. The van der Waals surface area contributed by atoms with Crippen LogP contribution in [0, 0.1) is 5.92 Å². The quantitative estimate of drug-likeness (QED) is 0.234. The van der Waals surface area contributed by atoms with Crippen LogP contribution in [0.5, 0.6) is 0 Å². The molecule has 0 spiro atoms. The van der Waals surface area contributed by atoms with E-state index in [0.29, 0.717) is 29.9 Å². The Kier molecular flexibility index (Phi) is 6.64. The average Bonchev–Trinajstić information content (AvgIpc) is 3.59. The van der Waals surface area contributed by atoms with E-state index in [1.807, 2.05) is 36.4 Å². The molecule has 13 nitrogen and oxygen atoms in total. The van der Waals surface area contributed by atoms with Gasteiger partial charge in [0.15, 0.2) is 6.10 Å². The number of para-hydroxylation sites is 1. The summed E-state index contributed by atoms with van der Waals surface area (Å²) in [6, 6.07) is 17.6. The van der Waals surface area contributed by atoms with E-state index in [9.17, 15) is 19.8 Å². The first-order valence-electron chi connectivity index (χ1n) is 14.1. The zero-order chi connectivity index (χ0) is 29.0. The van der Waals surface area contributed by atoms with E-state index < -0.39 is 41.8 Å². The van der Waals surface area contributed by atoms with Crippen LogP contribution in [-0.2, 0) is 22.5 Å². The molecule has 4 aromatic rings. The summed E-state index contributed by atoms with van der Waals surface area (Å²) in [5.41, 5.74) is 1.72. The molecule has 0 amide bonds. The summed E-state index contributed by atoms with van der Waals surface area (Å²) in [5.74, 6) is -0.361. The Morgan fingerprint density at radius 3 is 2.57 bits per heavy atom. The van der Waals surface area contributed by atoms with Crippen LogP contribution < -0.4 is 11.4 Å². The number of fused-ring (bicyclic) bond motifs is 4. The molecule has 218 valence electrons. The van der Waals surface area contributed by atoms with Crippen LogP contribution >= 0.6 is 0 Å². The second-order valence-electron chi connectivity index (χ2n) is 11.0. The number of aliphatic hydroxyl groups is 2. The zero-order valence-electron chi connectivity index (χ0n) is 22.9. The van der Waals surface area contributed by atoms with Gasteiger partial charge in [-0.25, -0.2) is 28.2 Å². The van der Waals surface area contributed by atoms with Crippen molar-refractivity contribution in [3.8, 4) is 5.69 Å². The monoisotopic (exact) mass is 573 g/mol. The normalized spacial score (nSPS) is 26.6. The second-order valence-corrected chi connectivity index (χ2v) is 11.0. The summed E-state index contributed by atoms with van der Waals surface area (Å²) in [4.78, 5) is 32.7. The second kappa shape index (κ2) is 10.5. The summed E-state index contributed by atoms with van der Waals surface area (Å²) < 4.78 is 11.3. The molecule has 0 bridgehead atoms. The molecule has 1 saturated heterocycles. The van der Waals surface area contributed by atoms with Crippen LogP contribution in [0.1, 0.15) is 42.8 Å². The average molecular weight is 574 g/mol. The topological polar surface area (TPSA) is 154 Å². The van der Waals surface area contributed by atoms with Gasteiger partial charge in [0.1, 0.15) is 24.0 Å². The SMILES string of the molecule is C[C@H](ON=C1[C@H]2CCn3c(=O)n(-c4ccccc4)c(=O)n3[C@H]2[C@H](O)[C@@H]2O[C@H]12)c1cn([C@H](CO)Cc2ccccc2)nn1. The van der Waals surface area contributed by atoms with Gasteiger partial charge in [0, 0.05) is 12.5 Å². The number of hydrogen-bond donors (Lipinski definition) is 2. The number of epoxide rings is 1. The highest BCUT2D eigenvalue weighted by atomic mass is 16.6. The third kappa shape index (κ3) is 4.40. The third-order valence-corrected chi connectivity index (χ3v) is 8.46. The van der Waals surface area contributed by atoms with Gasteiger partial charge in [-0.15, -0.1) is 5.10 Å². The maximum absolute atomic E-state index is 13.6. The van der Waals surface area contributed by atoms with Crippen LogP contribution in [0.4, 0.5) is 0 Å². The Balaban J connectivity index is 1.13. The minimum absolute atomic E-state index is 0.0997. The zero-order valence-corrected chi connectivity index (χ0v) is 22.9. The van der Waals surface area contributed by atoms with Crippen LogP contribution in [0.15, 0.2) is 81.6 Å². The fraction of sp³-hybridized carbons (Fsp3) is 0.414. The van der Waals surface area contributed by atoms with E-state index in [1.165, 1.54) is 9.36 Å². The molecule has 2 aliphatic heterocycles. The van der Waals surface area contributed by atoms with Crippen molar-refractivity contribution >= 4 is 5.71 Å². The summed E-state index contributed by atoms with van der Waals surface area (Å²) in [6.07, 6.45) is 0.321. The Morgan fingerprint density at radius 2 is 1.83 bits per heavy atom. The molecule has 1 aliphatic carbocycles. The van der Waals surface area contributed by atoms with Crippen molar-refractivity contribution in [3.63, 3.8) is 0 Å². The maximum atomic E-state index is 13.6. The van der Waals surface area contributed by atoms with E-state index in [0.717, 1.165) is 10.1 Å².